The molecule has 6 aromatic carbocycles. The van der Waals surface area contributed by atoms with Gasteiger partial charge in [0.25, 0.3) is 5.56 Å². The van der Waals surface area contributed by atoms with Crippen LogP contribution in [0.25, 0.3) is 0 Å². The summed E-state index contributed by atoms with van der Waals surface area (Å²) in [5.74, 6) is 0. The molecule has 0 saturated carbocycles. The fourth-order valence-corrected chi connectivity index (χ4v) is 8.00. The highest BCUT2D eigenvalue weighted by molar-refractivity contribution is 5.49. The lowest BCUT2D eigenvalue weighted by Gasteiger charge is -2.39. The van der Waals surface area contributed by atoms with Gasteiger partial charge in [-0.05, 0) is 39.0 Å². The minimum atomic E-state index is -1.23. The predicted octanol–water partition coefficient (Wildman–Crippen LogP) is 7.74. The summed E-state index contributed by atoms with van der Waals surface area (Å²) in [5.41, 5.74) is 2.32. The van der Waals surface area contributed by atoms with Crippen LogP contribution in [0.1, 0.15) is 39.6 Å². The average Bonchev–Trinajstić information content (AvgIpc) is 3.60. The second-order valence-electron chi connectivity index (χ2n) is 13.8. The molecule has 0 radical (unpaired) electrons. The Morgan fingerprint density at radius 3 is 1.33 bits per heavy atom. The highest BCUT2D eigenvalue weighted by atomic mass is 16.6. The summed E-state index contributed by atoms with van der Waals surface area (Å²) >= 11 is 0. The molecule has 0 bridgehead atoms. The Morgan fingerprint density at radius 1 is 0.579 bits per heavy atom. The first-order valence-corrected chi connectivity index (χ1v) is 19.0. The molecule has 2 N–H and O–H groups in total. The Bertz CT molecular complexity index is 2320. The van der Waals surface area contributed by atoms with Crippen LogP contribution in [0.15, 0.2) is 215 Å². The molecule has 0 spiro atoms. The molecule has 1 saturated heterocycles. The van der Waals surface area contributed by atoms with Gasteiger partial charge in [-0.3, -0.25) is 14.3 Å². The topological polar surface area (TPSA) is 103 Å². The van der Waals surface area contributed by atoms with Gasteiger partial charge in [0.05, 0.1) is 13.2 Å². The Labute approximate surface area is 330 Å². The zero-order valence-electron chi connectivity index (χ0n) is 31.1. The van der Waals surface area contributed by atoms with Crippen molar-refractivity contribution >= 4 is 0 Å². The molecule has 1 aromatic heterocycles. The number of nitrogens with zero attached hydrogens (tertiary/aromatic N) is 1. The number of H-pyrrole nitrogens is 1. The number of aromatic nitrogens is 2. The van der Waals surface area contributed by atoms with E-state index in [4.69, 9.17) is 14.2 Å². The van der Waals surface area contributed by atoms with Crippen LogP contribution in [-0.2, 0) is 25.4 Å². The lowest BCUT2D eigenvalue weighted by molar-refractivity contribution is -0.118. The third-order valence-corrected chi connectivity index (χ3v) is 10.6. The van der Waals surface area contributed by atoms with E-state index in [1.807, 2.05) is 182 Å². The summed E-state index contributed by atoms with van der Waals surface area (Å²) in [5, 5.41) is 10.7. The van der Waals surface area contributed by atoms with Gasteiger partial charge < -0.3 is 19.3 Å². The maximum absolute atomic E-state index is 13.7. The van der Waals surface area contributed by atoms with Crippen molar-refractivity contribution in [2.24, 2.45) is 0 Å². The standard InChI is InChI=1S/C49H42N2O6/c52-34-32-42-43(35-55-48(36-19-7-1-8-20-36,37-21-9-2-10-22-37)38-23-11-3-12-24-38)56-46(51-33-31-44(53)50-47(51)54)45(42)57-49(39-25-13-4-14-26-39,40-27-15-5-16-28-40)41-29-17-6-18-30-41/h1-33,43,45-46,52H,34-35H2,(H,50,53,54)/b42-32+/t43-,45-,46-/m1/s1. The number of aliphatic hydroxyl groups is 1. The molecule has 8 rings (SSSR count). The monoisotopic (exact) mass is 754 g/mol. The van der Waals surface area contributed by atoms with E-state index in [9.17, 15) is 14.7 Å². The molecular formula is C49H42N2O6. The predicted molar refractivity (Wildman–Crippen MR) is 220 cm³/mol. The number of ether oxygens (including phenoxy) is 3. The van der Waals surface area contributed by atoms with Crippen LogP contribution >= 0.6 is 0 Å². The minimum Gasteiger partial charge on any atom is -0.392 e. The fraction of sp³-hybridized carbons (Fsp3) is 0.143. The molecule has 1 aliphatic rings. The Kier molecular flexibility index (Phi) is 11.0. The quantitative estimate of drug-likeness (QED) is 0.0923. The fourth-order valence-electron chi connectivity index (χ4n) is 8.00. The number of aliphatic hydroxyl groups excluding tert-OH is 1. The van der Waals surface area contributed by atoms with Crippen LogP contribution < -0.4 is 11.2 Å². The number of rotatable bonds is 13. The van der Waals surface area contributed by atoms with Gasteiger partial charge in [-0.1, -0.05) is 188 Å². The van der Waals surface area contributed by atoms with Crippen molar-refractivity contribution in [3.05, 3.63) is 260 Å². The van der Waals surface area contributed by atoms with Crippen LogP contribution in [0.3, 0.4) is 0 Å². The van der Waals surface area contributed by atoms with E-state index >= 15 is 0 Å². The molecule has 1 aliphatic heterocycles. The van der Waals surface area contributed by atoms with Gasteiger partial charge in [0.15, 0.2) is 6.23 Å². The summed E-state index contributed by atoms with van der Waals surface area (Å²) in [6, 6.07) is 61.1. The number of nitrogens with one attached hydrogen (secondary N) is 1. The Balaban J connectivity index is 1.30. The van der Waals surface area contributed by atoms with Crippen molar-refractivity contribution in [1.82, 2.24) is 9.55 Å². The van der Waals surface area contributed by atoms with Crippen LogP contribution in [0.4, 0.5) is 0 Å². The van der Waals surface area contributed by atoms with Gasteiger partial charge in [-0.25, -0.2) is 4.79 Å². The van der Waals surface area contributed by atoms with Crippen molar-refractivity contribution in [3.8, 4) is 0 Å². The first-order valence-electron chi connectivity index (χ1n) is 19.0. The van der Waals surface area contributed by atoms with Crippen LogP contribution in [0.2, 0.25) is 0 Å². The van der Waals surface area contributed by atoms with Crippen molar-refractivity contribution in [2.45, 2.75) is 29.6 Å². The summed E-state index contributed by atoms with van der Waals surface area (Å²) < 4.78 is 23.1. The van der Waals surface area contributed by atoms with Crippen LogP contribution in [-0.4, -0.2) is 40.1 Å². The number of benzene rings is 6. The van der Waals surface area contributed by atoms with E-state index in [0.29, 0.717) is 5.57 Å². The highest BCUT2D eigenvalue weighted by Crippen LogP contribution is 2.48. The van der Waals surface area contributed by atoms with Crippen LogP contribution in [0.5, 0.6) is 0 Å². The second kappa shape index (κ2) is 16.8. The summed E-state index contributed by atoms with van der Waals surface area (Å²) in [7, 11) is 0. The van der Waals surface area contributed by atoms with Gasteiger partial charge in [-0.2, -0.15) is 0 Å². The summed E-state index contributed by atoms with van der Waals surface area (Å²) in [4.78, 5) is 28.4. The van der Waals surface area contributed by atoms with Gasteiger partial charge in [0, 0.05) is 12.3 Å². The third-order valence-electron chi connectivity index (χ3n) is 10.6. The zero-order chi connectivity index (χ0) is 39.1. The van der Waals surface area contributed by atoms with Crippen LogP contribution in [0, 0.1) is 0 Å². The molecule has 8 heteroatoms. The third kappa shape index (κ3) is 7.23. The lowest BCUT2D eigenvalue weighted by atomic mass is 9.79. The van der Waals surface area contributed by atoms with E-state index in [-0.39, 0.29) is 13.2 Å². The van der Waals surface area contributed by atoms with E-state index in [1.54, 1.807) is 6.08 Å². The van der Waals surface area contributed by atoms with Gasteiger partial charge in [-0.15, -0.1) is 0 Å². The second-order valence-corrected chi connectivity index (χ2v) is 13.8. The highest BCUT2D eigenvalue weighted by Gasteiger charge is 2.50. The average molecular weight is 755 g/mol. The van der Waals surface area contributed by atoms with Gasteiger partial charge >= 0.3 is 5.69 Å². The van der Waals surface area contributed by atoms with Gasteiger partial charge in [0.2, 0.25) is 0 Å². The zero-order valence-corrected chi connectivity index (χ0v) is 31.1. The Hall–Kier alpha value is -6.42. The molecule has 0 aliphatic carbocycles. The molecule has 8 nitrogen and oxygen atoms in total. The van der Waals surface area contributed by atoms with E-state index in [2.05, 4.69) is 4.98 Å². The molecule has 2 heterocycles. The maximum Gasteiger partial charge on any atom is 0.330 e. The van der Waals surface area contributed by atoms with Gasteiger partial charge in [0.1, 0.15) is 23.4 Å². The summed E-state index contributed by atoms with van der Waals surface area (Å²) in [6.45, 7) is -0.341. The van der Waals surface area contributed by atoms with E-state index in [1.165, 1.54) is 16.8 Å². The van der Waals surface area contributed by atoms with E-state index in [0.717, 1.165) is 33.4 Å². The molecular weight excluding hydrogens is 713 g/mol. The van der Waals surface area contributed by atoms with E-state index < -0.39 is 40.9 Å². The normalized spacial score (nSPS) is 17.8. The van der Waals surface area contributed by atoms with Crippen molar-refractivity contribution in [3.63, 3.8) is 0 Å². The first kappa shape index (κ1) is 37.5. The molecule has 1 fully saturated rings. The smallest absolute Gasteiger partial charge is 0.330 e. The number of hydrogen-bond donors (Lipinski definition) is 2. The SMILES string of the molecule is O=c1ccn([C@@H]2O[C@H](COC(c3ccccc3)(c3ccccc3)c3ccccc3)/C(=C\CO)[C@H]2OC(c2ccccc2)(c2ccccc2)c2ccccc2)c(=O)[nH]1. The molecule has 284 valence electrons. The van der Waals surface area contributed by atoms with Crippen molar-refractivity contribution in [2.75, 3.05) is 13.2 Å². The summed E-state index contributed by atoms with van der Waals surface area (Å²) in [6.07, 6.45) is 0.211. The maximum atomic E-state index is 13.7. The van der Waals surface area contributed by atoms with Crippen molar-refractivity contribution < 1.29 is 19.3 Å². The first-order chi connectivity index (χ1) is 28.0. The van der Waals surface area contributed by atoms with Crippen molar-refractivity contribution in [1.29, 1.82) is 0 Å². The minimum absolute atomic E-state index is 0.00596. The Morgan fingerprint density at radius 2 is 0.965 bits per heavy atom. The molecule has 0 amide bonds. The number of hydrogen-bond acceptors (Lipinski definition) is 6. The lowest BCUT2D eigenvalue weighted by Crippen LogP contribution is -2.42. The number of aromatic amines is 1. The largest absolute Gasteiger partial charge is 0.392 e. The molecule has 57 heavy (non-hydrogen) atoms. The molecule has 3 atom stereocenters. The molecule has 0 unspecified atom stereocenters. The molecule has 7 aromatic rings.